The van der Waals surface area contributed by atoms with Gasteiger partial charge in [-0.2, -0.15) is 4.98 Å². The van der Waals surface area contributed by atoms with E-state index in [9.17, 15) is 9.90 Å². The van der Waals surface area contributed by atoms with E-state index in [2.05, 4.69) is 19.8 Å². The van der Waals surface area contributed by atoms with E-state index >= 15 is 0 Å². The summed E-state index contributed by atoms with van der Waals surface area (Å²) >= 11 is 0. The van der Waals surface area contributed by atoms with Gasteiger partial charge in [0.15, 0.2) is 0 Å². The van der Waals surface area contributed by atoms with E-state index in [1.807, 2.05) is 0 Å². The first-order valence-corrected chi connectivity index (χ1v) is 8.64. The van der Waals surface area contributed by atoms with Crippen LogP contribution in [-0.2, 0) is 0 Å². The van der Waals surface area contributed by atoms with Gasteiger partial charge in [-0.25, -0.2) is 0 Å². The van der Waals surface area contributed by atoms with Gasteiger partial charge in [0.2, 0.25) is 5.95 Å². The van der Waals surface area contributed by atoms with Crippen LogP contribution in [0.3, 0.4) is 0 Å². The van der Waals surface area contributed by atoms with Crippen LogP contribution in [0.25, 0.3) is 0 Å². The maximum atomic E-state index is 11.6. The molecule has 3 aliphatic rings. The van der Waals surface area contributed by atoms with Gasteiger partial charge >= 0.3 is 0 Å². The topological polar surface area (TPSA) is 98.5 Å². The number of aromatic nitrogens is 2. The largest absolute Gasteiger partial charge is 0.391 e. The van der Waals surface area contributed by atoms with Crippen LogP contribution in [0, 0.1) is 11.8 Å². The molecule has 2 saturated heterocycles. The molecule has 3 fully saturated rings. The van der Waals surface area contributed by atoms with Crippen molar-refractivity contribution in [1.29, 1.82) is 0 Å². The molecule has 2 aliphatic heterocycles. The average molecular weight is 319 g/mol. The second-order valence-electron chi connectivity index (χ2n) is 7.26. The number of rotatable bonds is 2. The smallest absolute Gasteiger partial charge is 0.254 e. The lowest BCUT2D eigenvalue weighted by Crippen LogP contribution is -2.48. The lowest BCUT2D eigenvalue weighted by molar-refractivity contribution is -0.000854. The monoisotopic (exact) mass is 319 g/mol. The summed E-state index contributed by atoms with van der Waals surface area (Å²) in [6.07, 6.45) is 4.16. The van der Waals surface area contributed by atoms with E-state index in [1.165, 1.54) is 18.9 Å². The van der Waals surface area contributed by atoms with Gasteiger partial charge < -0.3 is 15.7 Å². The van der Waals surface area contributed by atoms with E-state index < -0.39 is 0 Å². The lowest BCUT2D eigenvalue weighted by Gasteiger charge is -2.40. The van der Waals surface area contributed by atoms with Crippen LogP contribution in [0.15, 0.2) is 10.9 Å². The zero-order valence-corrected chi connectivity index (χ0v) is 13.3. The molecule has 4 atom stereocenters. The van der Waals surface area contributed by atoms with Crippen molar-refractivity contribution in [2.45, 2.75) is 37.8 Å². The number of nitrogen functional groups attached to an aromatic ring is 1. The van der Waals surface area contributed by atoms with Gasteiger partial charge in [0.05, 0.1) is 6.10 Å². The number of H-pyrrole nitrogens is 1. The summed E-state index contributed by atoms with van der Waals surface area (Å²) in [5, 5.41) is 10.6. The highest BCUT2D eigenvalue weighted by molar-refractivity contribution is 5.42. The average Bonchev–Trinajstić information content (AvgIpc) is 3.13. The van der Waals surface area contributed by atoms with E-state index in [4.69, 9.17) is 5.73 Å². The van der Waals surface area contributed by atoms with Crippen LogP contribution in [-0.4, -0.2) is 58.3 Å². The third-order valence-corrected chi connectivity index (χ3v) is 5.79. The van der Waals surface area contributed by atoms with Crippen molar-refractivity contribution in [1.82, 2.24) is 14.9 Å². The summed E-state index contributed by atoms with van der Waals surface area (Å²) in [5.74, 6) is 1.86. The van der Waals surface area contributed by atoms with Gasteiger partial charge in [0.1, 0.15) is 5.82 Å². The molecular weight excluding hydrogens is 294 g/mol. The Balaban J connectivity index is 1.49. The molecule has 1 aliphatic carbocycles. The molecule has 0 spiro atoms. The number of fused-ring (bicyclic) bond motifs is 1. The van der Waals surface area contributed by atoms with Crippen molar-refractivity contribution in [2.75, 3.05) is 36.8 Å². The summed E-state index contributed by atoms with van der Waals surface area (Å²) in [6.45, 7) is 3.99. The van der Waals surface area contributed by atoms with E-state index in [0.29, 0.717) is 23.7 Å². The normalized spacial score (nSPS) is 34.7. The Kier molecular flexibility index (Phi) is 3.77. The molecule has 126 valence electrons. The number of hydrogen-bond acceptors (Lipinski definition) is 6. The molecule has 3 heterocycles. The molecule has 0 unspecified atom stereocenters. The van der Waals surface area contributed by atoms with Crippen LogP contribution >= 0.6 is 0 Å². The predicted molar refractivity (Wildman–Crippen MR) is 88.3 cm³/mol. The molecule has 4 rings (SSSR count). The zero-order chi connectivity index (χ0) is 16.0. The lowest BCUT2D eigenvalue weighted by atomic mass is 9.77. The molecule has 23 heavy (non-hydrogen) atoms. The fourth-order valence-electron chi connectivity index (χ4n) is 4.69. The molecule has 4 N–H and O–H groups in total. The fourth-order valence-corrected chi connectivity index (χ4v) is 4.69. The van der Waals surface area contributed by atoms with Gasteiger partial charge in [-0.3, -0.25) is 14.7 Å². The molecule has 0 bridgehead atoms. The van der Waals surface area contributed by atoms with Crippen molar-refractivity contribution in [3.8, 4) is 0 Å². The summed E-state index contributed by atoms with van der Waals surface area (Å²) in [5.41, 5.74) is 5.45. The predicted octanol–water partition coefficient (Wildman–Crippen LogP) is 0.0236. The van der Waals surface area contributed by atoms with Crippen molar-refractivity contribution in [3.63, 3.8) is 0 Å². The minimum Gasteiger partial charge on any atom is -0.391 e. The third-order valence-electron chi connectivity index (χ3n) is 5.79. The Morgan fingerprint density at radius 2 is 1.91 bits per heavy atom. The number of aliphatic hydroxyl groups excluding tert-OH is 1. The molecule has 0 amide bonds. The third kappa shape index (κ3) is 2.83. The van der Waals surface area contributed by atoms with Crippen molar-refractivity contribution >= 4 is 11.8 Å². The molecule has 7 nitrogen and oxygen atoms in total. The first-order chi connectivity index (χ1) is 11.1. The van der Waals surface area contributed by atoms with Gasteiger partial charge in [0.25, 0.3) is 5.56 Å². The number of aromatic amines is 1. The van der Waals surface area contributed by atoms with Crippen LogP contribution in [0.2, 0.25) is 0 Å². The van der Waals surface area contributed by atoms with Gasteiger partial charge in [-0.05, 0) is 50.6 Å². The number of nitrogens with one attached hydrogen (secondary N) is 1. The van der Waals surface area contributed by atoms with E-state index in [1.54, 1.807) is 0 Å². The Hall–Kier alpha value is -1.60. The number of likely N-dealkylation sites (tertiary alicyclic amines) is 1. The van der Waals surface area contributed by atoms with Crippen LogP contribution < -0.4 is 16.2 Å². The molecular formula is C16H25N5O2. The highest BCUT2D eigenvalue weighted by Gasteiger charge is 2.44. The van der Waals surface area contributed by atoms with Crippen LogP contribution in [0.5, 0.6) is 0 Å². The second kappa shape index (κ2) is 5.79. The number of nitrogens with two attached hydrogens (primary N) is 1. The zero-order valence-electron chi connectivity index (χ0n) is 13.3. The van der Waals surface area contributed by atoms with Crippen molar-refractivity contribution in [3.05, 3.63) is 16.4 Å². The highest BCUT2D eigenvalue weighted by atomic mass is 16.3. The molecule has 1 aromatic heterocycles. The first kappa shape index (κ1) is 15.0. The molecule has 0 aromatic carbocycles. The summed E-state index contributed by atoms with van der Waals surface area (Å²) in [4.78, 5) is 23.0. The maximum Gasteiger partial charge on any atom is 0.254 e. The standard InChI is InChI=1S/C16H25N5O2/c17-16-18-14(7-15(23)19-16)21-8-10-5-12(20-3-1-2-4-20)13(22)6-11(10)9-21/h7,10-13,22H,1-6,8-9H2,(H3,17,18,19,23)/t10-,11+,12-,13-/m1/s1. The summed E-state index contributed by atoms with van der Waals surface area (Å²) < 4.78 is 0. The number of hydrogen-bond donors (Lipinski definition) is 3. The Morgan fingerprint density at radius 3 is 2.61 bits per heavy atom. The summed E-state index contributed by atoms with van der Waals surface area (Å²) in [6, 6.07) is 1.82. The number of aliphatic hydroxyl groups is 1. The number of nitrogens with zero attached hydrogens (tertiary/aromatic N) is 3. The van der Waals surface area contributed by atoms with Crippen LogP contribution in [0.4, 0.5) is 11.8 Å². The van der Waals surface area contributed by atoms with E-state index in [-0.39, 0.29) is 17.6 Å². The van der Waals surface area contributed by atoms with Gasteiger partial charge in [0, 0.05) is 25.2 Å². The Bertz CT molecular complexity index is 627. The second-order valence-corrected chi connectivity index (χ2v) is 7.26. The molecule has 0 radical (unpaired) electrons. The quantitative estimate of drug-likeness (QED) is 0.711. The fraction of sp³-hybridized carbons (Fsp3) is 0.750. The van der Waals surface area contributed by atoms with Crippen molar-refractivity contribution in [2.24, 2.45) is 11.8 Å². The van der Waals surface area contributed by atoms with Gasteiger partial charge in [-0.1, -0.05) is 0 Å². The van der Waals surface area contributed by atoms with Crippen LogP contribution in [0.1, 0.15) is 25.7 Å². The molecule has 1 aromatic rings. The summed E-state index contributed by atoms with van der Waals surface area (Å²) in [7, 11) is 0. The minimum atomic E-state index is -0.230. The SMILES string of the molecule is Nc1nc(N2C[C@H]3C[C@@H](N4CCCC4)[C@H](O)C[C@H]3C2)cc(=O)[nH]1. The van der Waals surface area contributed by atoms with E-state index in [0.717, 1.165) is 39.0 Å². The Labute approximate surface area is 135 Å². The maximum absolute atomic E-state index is 11.6. The molecule has 1 saturated carbocycles. The minimum absolute atomic E-state index is 0.164. The van der Waals surface area contributed by atoms with Crippen molar-refractivity contribution < 1.29 is 5.11 Å². The molecule has 7 heteroatoms. The highest BCUT2D eigenvalue weighted by Crippen LogP contribution is 2.40. The number of anilines is 2. The Morgan fingerprint density at radius 1 is 1.22 bits per heavy atom. The van der Waals surface area contributed by atoms with Gasteiger partial charge in [-0.15, -0.1) is 0 Å². The first-order valence-electron chi connectivity index (χ1n) is 8.64.